The molecule has 4 rings (SSSR count). The summed E-state index contributed by atoms with van der Waals surface area (Å²) in [5, 5.41) is 1.92. The lowest BCUT2D eigenvalue weighted by Crippen LogP contribution is -3.14. The zero-order chi connectivity index (χ0) is 21.1. The highest BCUT2D eigenvalue weighted by Crippen LogP contribution is 2.40. The molecular weight excluding hydrogens is 400 g/mol. The molecule has 158 valence electrons. The van der Waals surface area contributed by atoms with Crippen molar-refractivity contribution >= 4 is 28.8 Å². The Morgan fingerprint density at radius 3 is 2.57 bits per heavy atom. The molecule has 0 radical (unpaired) electrons. The van der Waals surface area contributed by atoms with Gasteiger partial charge >= 0.3 is 0 Å². The molecule has 0 spiro atoms. The number of benzene rings is 1. The van der Waals surface area contributed by atoms with E-state index < -0.39 is 23.7 Å². The van der Waals surface area contributed by atoms with Gasteiger partial charge in [0, 0.05) is 23.4 Å². The Morgan fingerprint density at radius 2 is 1.90 bits per heavy atom. The molecule has 2 unspecified atom stereocenters. The van der Waals surface area contributed by atoms with Crippen LogP contribution in [0.5, 0.6) is 0 Å². The van der Waals surface area contributed by atoms with Gasteiger partial charge in [-0.05, 0) is 18.4 Å². The lowest BCUT2D eigenvalue weighted by atomic mass is 9.89. The molecule has 7 heteroatoms. The van der Waals surface area contributed by atoms with Crippen LogP contribution >= 0.6 is 11.3 Å². The molecule has 1 amide bonds. The van der Waals surface area contributed by atoms with E-state index in [0.29, 0.717) is 12.1 Å². The van der Waals surface area contributed by atoms with E-state index >= 15 is 0 Å². The number of carbonyl (C=O) groups is 3. The minimum absolute atomic E-state index is 0.270. The van der Waals surface area contributed by atoms with E-state index in [2.05, 4.69) is 0 Å². The average Bonchev–Trinajstić information content (AvgIpc) is 3.37. The molecule has 3 heterocycles. The third-order valence-corrected chi connectivity index (χ3v) is 6.93. The SMILES string of the molecule is Cc1ccc(C(=O)C2C(=O)C(=O)N(CCC[NH+]3CCOCC3)C2c2cccs2)cc1. The summed E-state index contributed by atoms with van der Waals surface area (Å²) in [4.78, 5) is 43.1. The molecule has 1 aromatic carbocycles. The Hall–Kier alpha value is -2.35. The molecule has 0 saturated carbocycles. The number of amides is 1. The van der Waals surface area contributed by atoms with Crippen LogP contribution in [-0.2, 0) is 14.3 Å². The fraction of sp³-hybridized carbons (Fsp3) is 0.435. The third kappa shape index (κ3) is 4.24. The Balaban J connectivity index is 1.55. The predicted molar refractivity (Wildman–Crippen MR) is 114 cm³/mol. The molecule has 2 aliphatic rings. The number of ether oxygens (including phenoxy) is 1. The summed E-state index contributed by atoms with van der Waals surface area (Å²) in [6.45, 7) is 6.82. The second-order valence-electron chi connectivity index (χ2n) is 8.00. The molecule has 2 saturated heterocycles. The van der Waals surface area contributed by atoms with Crippen LogP contribution in [0.25, 0.3) is 0 Å². The van der Waals surface area contributed by atoms with Gasteiger partial charge in [0.25, 0.3) is 5.91 Å². The summed E-state index contributed by atoms with van der Waals surface area (Å²) >= 11 is 1.49. The van der Waals surface area contributed by atoms with Gasteiger partial charge in [-0.1, -0.05) is 35.9 Å². The van der Waals surface area contributed by atoms with Gasteiger partial charge in [-0.2, -0.15) is 0 Å². The van der Waals surface area contributed by atoms with E-state index in [9.17, 15) is 14.4 Å². The Morgan fingerprint density at radius 1 is 1.17 bits per heavy atom. The van der Waals surface area contributed by atoms with Crippen molar-refractivity contribution in [2.24, 2.45) is 5.92 Å². The van der Waals surface area contributed by atoms with Gasteiger partial charge in [-0.3, -0.25) is 14.4 Å². The second-order valence-corrected chi connectivity index (χ2v) is 8.98. The summed E-state index contributed by atoms with van der Waals surface area (Å²) in [5.41, 5.74) is 1.52. The summed E-state index contributed by atoms with van der Waals surface area (Å²) < 4.78 is 5.40. The summed E-state index contributed by atoms with van der Waals surface area (Å²) in [5.74, 6) is -2.36. The highest BCUT2D eigenvalue weighted by molar-refractivity contribution is 7.10. The van der Waals surface area contributed by atoms with Crippen molar-refractivity contribution in [2.75, 3.05) is 39.4 Å². The van der Waals surface area contributed by atoms with Gasteiger partial charge in [0.05, 0.1) is 25.8 Å². The van der Waals surface area contributed by atoms with Crippen LogP contribution in [-0.4, -0.2) is 61.8 Å². The van der Waals surface area contributed by atoms with Crippen molar-refractivity contribution < 1.29 is 24.0 Å². The van der Waals surface area contributed by atoms with Crippen LogP contribution in [0.3, 0.4) is 0 Å². The number of aryl methyl sites for hydroxylation is 1. The number of ketones is 2. The van der Waals surface area contributed by atoms with Gasteiger partial charge in [0.1, 0.15) is 19.0 Å². The standard InChI is InChI=1S/C23H26N2O4S/c1-16-5-7-17(8-6-16)21(26)19-20(18-4-2-15-30-18)25(23(28)22(19)27)10-3-9-24-11-13-29-14-12-24/h2,4-8,15,19-20H,3,9-14H2,1H3/p+1. The number of likely N-dealkylation sites (tertiary alicyclic amines) is 1. The van der Waals surface area contributed by atoms with Crippen LogP contribution in [0.4, 0.5) is 0 Å². The summed E-state index contributed by atoms with van der Waals surface area (Å²) in [7, 11) is 0. The largest absolute Gasteiger partial charge is 0.370 e. The van der Waals surface area contributed by atoms with Gasteiger partial charge in [0.15, 0.2) is 5.78 Å². The van der Waals surface area contributed by atoms with E-state index in [1.54, 1.807) is 17.0 Å². The van der Waals surface area contributed by atoms with Gasteiger partial charge in [-0.15, -0.1) is 11.3 Å². The normalized spacial score (nSPS) is 22.6. The first-order valence-electron chi connectivity index (χ1n) is 10.5. The zero-order valence-electron chi connectivity index (χ0n) is 17.1. The fourth-order valence-corrected chi connectivity index (χ4v) is 5.19. The van der Waals surface area contributed by atoms with Crippen molar-refractivity contribution in [1.82, 2.24) is 4.90 Å². The lowest BCUT2D eigenvalue weighted by Gasteiger charge is -2.28. The van der Waals surface area contributed by atoms with Gasteiger partial charge in [0.2, 0.25) is 5.78 Å². The Labute approximate surface area is 180 Å². The maximum Gasteiger partial charge on any atom is 0.291 e. The fourth-order valence-electron chi connectivity index (χ4n) is 4.31. The third-order valence-electron chi connectivity index (χ3n) is 5.99. The second kappa shape index (κ2) is 9.20. The predicted octanol–water partition coefficient (Wildman–Crippen LogP) is 1.31. The number of rotatable bonds is 7. The first-order chi connectivity index (χ1) is 14.6. The van der Waals surface area contributed by atoms with E-state index in [4.69, 9.17) is 4.74 Å². The van der Waals surface area contributed by atoms with E-state index in [0.717, 1.165) is 49.7 Å². The molecule has 1 aromatic heterocycles. The number of nitrogens with zero attached hydrogens (tertiary/aromatic N) is 1. The number of hydrogen-bond donors (Lipinski definition) is 1. The van der Waals surface area contributed by atoms with Crippen molar-refractivity contribution in [3.05, 3.63) is 57.8 Å². The van der Waals surface area contributed by atoms with Crippen LogP contribution < -0.4 is 4.90 Å². The molecule has 0 bridgehead atoms. The van der Waals surface area contributed by atoms with E-state index in [1.165, 1.54) is 16.2 Å². The minimum Gasteiger partial charge on any atom is -0.370 e. The number of nitrogens with one attached hydrogen (secondary N) is 1. The van der Waals surface area contributed by atoms with Crippen LogP contribution in [0.15, 0.2) is 41.8 Å². The molecule has 30 heavy (non-hydrogen) atoms. The van der Waals surface area contributed by atoms with Crippen LogP contribution in [0, 0.1) is 12.8 Å². The molecule has 0 aliphatic carbocycles. The zero-order valence-corrected chi connectivity index (χ0v) is 18.0. The van der Waals surface area contributed by atoms with Crippen molar-refractivity contribution in [3.63, 3.8) is 0 Å². The molecule has 2 aliphatic heterocycles. The van der Waals surface area contributed by atoms with E-state index in [-0.39, 0.29) is 5.78 Å². The Kier molecular flexibility index (Phi) is 6.41. The topological polar surface area (TPSA) is 68.1 Å². The molecule has 2 aromatic rings. The minimum atomic E-state index is -0.977. The number of hydrogen-bond acceptors (Lipinski definition) is 5. The quantitative estimate of drug-likeness (QED) is 0.411. The highest BCUT2D eigenvalue weighted by Gasteiger charge is 2.51. The van der Waals surface area contributed by atoms with Gasteiger partial charge < -0.3 is 14.5 Å². The van der Waals surface area contributed by atoms with Crippen molar-refractivity contribution in [3.8, 4) is 0 Å². The number of morpholine rings is 1. The summed E-state index contributed by atoms with van der Waals surface area (Å²) in [6, 6.07) is 10.5. The molecule has 6 nitrogen and oxygen atoms in total. The number of carbonyl (C=O) groups excluding carboxylic acids is 3. The van der Waals surface area contributed by atoms with Crippen LogP contribution in [0.2, 0.25) is 0 Å². The maximum atomic E-state index is 13.3. The maximum absolute atomic E-state index is 13.3. The number of Topliss-reactive ketones (excluding diaryl/α,β-unsaturated/α-hetero) is 2. The monoisotopic (exact) mass is 427 g/mol. The van der Waals surface area contributed by atoms with Crippen molar-refractivity contribution in [1.29, 1.82) is 0 Å². The smallest absolute Gasteiger partial charge is 0.291 e. The number of thiophene rings is 1. The number of quaternary nitrogens is 1. The molecule has 1 N–H and O–H groups in total. The van der Waals surface area contributed by atoms with Crippen LogP contribution in [0.1, 0.15) is 33.3 Å². The summed E-state index contributed by atoms with van der Waals surface area (Å²) in [6.07, 6.45) is 0.793. The van der Waals surface area contributed by atoms with E-state index in [1.807, 2.05) is 36.6 Å². The molecule has 2 fully saturated rings. The molecule has 2 atom stereocenters. The first kappa shape index (κ1) is 20.9. The Bertz CT molecular complexity index is 904. The first-order valence-corrected chi connectivity index (χ1v) is 11.3. The van der Waals surface area contributed by atoms with Gasteiger partial charge in [-0.25, -0.2) is 0 Å². The molecular formula is C23H27N2O4S+. The highest BCUT2D eigenvalue weighted by atomic mass is 32.1. The van der Waals surface area contributed by atoms with Crippen molar-refractivity contribution in [2.45, 2.75) is 19.4 Å². The average molecular weight is 428 g/mol. The lowest BCUT2D eigenvalue weighted by molar-refractivity contribution is -0.908.